The molecule has 0 atom stereocenters. The van der Waals surface area contributed by atoms with Crippen LogP contribution in [-0.2, 0) is 4.79 Å². The van der Waals surface area contributed by atoms with Gasteiger partial charge in [-0.15, -0.1) is 0 Å². The third-order valence-corrected chi connectivity index (χ3v) is 3.68. The summed E-state index contributed by atoms with van der Waals surface area (Å²) in [7, 11) is 0. The minimum absolute atomic E-state index is 0.0950. The maximum atomic E-state index is 13.1. The number of halogens is 2. The fraction of sp³-hybridized carbons (Fsp3) is 0.385. The van der Waals surface area contributed by atoms with Crippen molar-refractivity contribution in [2.75, 3.05) is 5.32 Å². The molecule has 1 amide bonds. The van der Waals surface area contributed by atoms with Gasteiger partial charge in [-0.25, -0.2) is 8.78 Å². The highest BCUT2D eigenvalue weighted by molar-refractivity contribution is 7.80. The van der Waals surface area contributed by atoms with Gasteiger partial charge in [0.25, 0.3) is 0 Å². The second kappa shape index (κ2) is 6.06. The monoisotopic (exact) mass is 286 g/mol. The van der Waals surface area contributed by atoms with Crippen molar-refractivity contribution < 1.29 is 13.6 Å². The maximum absolute atomic E-state index is 13.1. The first-order valence-electron chi connectivity index (χ1n) is 5.93. The molecule has 0 aliphatic heterocycles. The summed E-state index contributed by atoms with van der Waals surface area (Å²) in [6.07, 6.45) is 0.878. The lowest BCUT2D eigenvalue weighted by Gasteiger charge is -2.28. The minimum atomic E-state index is -1.02. The van der Waals surface area contributed by atoms with Gasteiger partial charge in [-0.3, -0.25) is 4.79 Å². The van der Waals surface area contributed by atoms with E-state index >= 15 is 0 Å². The van der Waals surface area contributed by atoms with Gasteiger partial charge in [0.15, 0.2) is 11.6 Å². The highest BCUT2D eigenvalue weighted by atomic mass is 32.1. The van der Waals surface area contributed by atoms with E-state index in [4.69, 9.17) is 18.0 Å². The maximum Gasteiger partial charge on any atom is 0.237 e. The van der Waals surface area contributed by atoms with Gasteiger partial charge in [0.05, 0.1) is 10.4 Å². The molecular formula is C13H16F2N2OS. The first kappa shape index (κ1) is 15.5. The molecule has 1 aromatic rings. The molecule has 0 heterocycles. The van der Waals surface area contributed by atoms with Crippen LogP contribution in [0.25, 0.3) is 0 Å². The SMILES string of the molecule is CCC(CC)(C(=O)Nc1ccc(F)c(F)c1)C(N)=S. The number of hydrogen-bond acceptors (Lipinski definition) is 2. The molecule has 0 spiro atoms. The first-order valence-corrected chi connectivity index (χ1v) is 6.34. The number of thiocarbonyl (C=S) groups is 1. The summed E-state index contributed by atoms with van der Waals surface area (Å²) in [4.78, 5) is 12.3. The quantitative estimate of drug-likeness (QED) is 0.818. The molecule has 1 rings (SSSR count). The van der Waals surface area contributed by atoms with Gasteiger partial charge in [-0.1, -0.05) is 26.1 Å². The van der Waals surface area contributed by atoms with Crippen molar-refractivity contribution in [3.8, 4) is 0 Å². The largest absolute Gasteiger partial charge is 0.392 e. The van der Waals surface area contributed by atoms with Crippen LogP contribution in [-0.4, -0.2) is 10.9 Å². The summed E-state index contributed by atoms with van der Waals surface area (Å²) in [5.41, 5.74) is 4.84. The lowest BCUT2D eigenvalue weighted by atomic mass is 9.81. The summed E-state index contributed by atoms with van der Waals surface area (Å²) >= 11 is 4.95. The highest BCUT2D eigenvalue weighted by Gasteiger charge is 2.38. The van der Waals surface area contributed by atoms with E-state index in [-0.39, 0.29) is 10.7 Å². The van der Waals surface area contributed by atoms with Gasteiger partial charge in [0.1, 0.15) is 0 Å². The van der Waals surface area contributed by atoms with Crippen molar-refractivity contribution in [2.45, 2.75) is 26.7 Å². The van der Waals surface area contributed by atoms with Crippen LogP contribution in [0.5, 0.6) is 0 Å². The summed E-state index contributed by atoms with van der Waals surface area (Å²) in [5.74, 6) is -2.40. The number of nitrogens with two attached hydrogens (primary N) is 1. The molecule has 0 saturated carbocycles. The number of carbonyl (C=O) groups is 1. The molecule has 0 aromatic heterocycles. The Balaban J connectivity index is 3.00. The number of hydrogen-bond donors (Lipinski definition) is 2. The standard InChI is InChI=1S/C13H16F2N2OS/c1-3-13(4-2,11(16)19)12(18)17-8-5-6-9(14)10(15)7-8/h5-7H,3-4H2,1-2H3,(H2,16,19)(H,17,18). The van der Waals surface area contributed by atoms with Crippen molar-refractivity contribution in [2.24, 2.45) is 11.1 Å². The Kier molecular flexibility index (Phi) is 4.94. The molecule has 3 nitrogen and oxygen atoms in total. The number of carbonyl (C=O) groups excluding carboxylic acids is 1. The van der Waals surface area contributed by atoms with E-state index < -0.39 is 23.0 Å². The van der Waals surface area contributed by atoms with E-state index in [1.807, 2.05) is 0 Å². The van der Waals surface area contributed by atoms with Crippen LogP contribution in [0.4, 0.5) is 14.5 Å². The van der Waals surface area contributed by atoms with Gasteiger partial charge < -0.3 is 11.1 Å². The van der Waals surface area contributed by atoms with Crippen LogP contribution < -0.4 is 11.1 Å². The van der Waals surface area contributed by atoms with E-state index in [2.05, 4.69) is 5.32 Å². The Hall–Kier alpha value is -1.56. The summed E-state index contributed by atoms with van der Waals surface area (Å²) < 4.78 is 25.9. The molecule has 3 N–H and O–H groups in total. The number of anilines is 1. The molecule has 0 aliphatic rings. The van der Waals surface area contributed by atoms with Crippen LogP contribution in [0, 0.1) is 17.0 Å². The number of amides is 1. The van der Waals surface area contributed by atoms with E-state index in [1.165, 1.54) is 6.07 Å². The van der Waals surface area contributed by atoms with Crippen LogP contribution in [0.2, 0.25) is 0 Å². The molecule has 1 aromatic carbocycles. The minimum Gasteiger partial charge on any atom is -0.392 e. The smallest absolute Gasteiger partial charge is 0.237 e. The molecule has 0 bridgehead atoms. The predicted octanol–water partition coefficient (Wildman–Crippen LogP) is 3.00. The van der Waals surface area contributed by atoms with Crippen LogP contribution >= 0.6 is 12.2 Å². The summed E-state index contributed by atoms with van der Waals surface area (Å²) in [6.45, 7) is 3.60. The molecule has 0 radical (unpaired) electrons. The molecule has 0 fully saturated rings. The van der Waals surface area contributed by atoms with Crippen LogP contribution in [0.15, 0.2) is 18.2 Å². The zero-order chi connectivity index (χ0) is 14.6. The van der Waals surface area contributed by atoms with E-state index in [0.717, 1.165) is 12.1 Å². The lowest BCUT2D eigenvalue weighted by Crippen LogP contribution is -2.45. The summed E-state index contributed by atoms with van der Waals surface area (Å²) in [6, 6.07) is 3.15. The van der Waals surface area contributed by atoms with Gasteiger partial charge in [0.2, 0.25) is 5.91 Å². The normalized spacial score (nSPS) is 11.2. The topological polar surface area (TPSA) is 55.1 Å². The average Bonchev–Trinajstić information content (AvgIpc) is 2.35. The Labute approximate surface area is 116 Å². The van der Waals surface area contributed by atoms with Crippen molar-refractivity contribution in [3.63, 3.8) is 0 Å². The number of benzene rings is 1. The molecule has 0 aliphatic carbocycles. The Bertz CT molecular complexity index is 501. The second-order valence-corrected chi connectivity index (χ2v) is 4.68. The van der Waals surface area contributed by atoms with Crippen LogP contribution in [0.3, 0.4) is 0 Å². The van der Waals surface area contributed by atoms with Crippen LogP contribution in [0.1, 0.15) is 26.7 Å². The number of nitrogens with one attached hydrogen (secondary N) is 1. The fourth-order valence-corrected chi connectivity index (χ4v) is 2.24. The third kappa shape index (κ3) is 3.07. The van der Waals surface area contributed by atoms with Gasteiger partial charge >= 0.3 is 0 Å². The third-order valence-electron chi connectivity index (χ3n) is 3.29. The summed E-state index contributed by atoms with van der Waals surface area (Å²) in [5, 5.41) is 2.52. The lowest BCUT2D eigenvalue weighted by molar-refractivity contribution is -0.122. The van der Waals surface area contributed by atoms with E-state index in [9.17, 15) is 13.6 Å². The van der Waals surface area contributed by atoms with Gasteiger partial charge in [-0.2, -0.15) is 0 Å². The zero-order valence-electron chi connectivity index (χ0n) is 10.8. The Morgan fingerprint density at radius 3 is 2.32 bits per heavy atom. The van der Waals surface area contributed by atoms with E-state index in [0.29, 0.717) is 12.8 Å². The van der Waals surface area contributed by atoms with Crippen molar-refractivity contribution in [1.82, 2.24) is 0 Å². The highest BCUT2D eigenvalue weighted by Crippen LogP contribution is 2.29. The van der Waals surface area contributed by atoms with Crippen molar-refractivity contribution in [1.29, 1.82) is 0 Å². The van der Waals surface area contributed by atoms with Gasteiger partial charge in [-0.05, 0) is 25.0 Å². The zero-order valence-corrected chi connectivity index (χ0v) is 11.6. The number of rotatable bonds is 5. The van der Waals surface area contributed by atoms with E-state index in [1.54, 1.807) is 13.8 Å². The Morgan fingerprint density at radius 2 is 1.89 bits per heavy atom. The molecule has 19 heavy (non-hydrogen) atoms. The molecular weight excluding hydrogens is 270 g/mol. The first-order chi connectivity index (χ1) is 8.87. The molecule has 0 unspecified atom stereocenters. The fourth-order valence-electron chi connectivity index (χ4n) is 1.86. The molecule has 6 heteroatoms. The Morgan fingerprint density at radius 1 is 1.32 bits per heavy atom. The molecule has 104 valence electrons. The molecule has 0 saturated heterocycles. The van der Waals surface area contributed by atoms with Gasteiger partial charge in [0, 0.05) is 11.8 Å². The van der Waals surface area contributed by atoms with Crippen molar-refractivity contribution >= 4 is 28.8 Å². The predicted molar refractivity (Wildman–Crippen MR) is 74.8 cm³/mol. The second-order valence-electron chi connectivity index (χ2n) is 4.24. The van der Waals surface area contributed by atoms with Crippen molar-refractivity contribution in [3.05, 3.63) is 29.8 Å². The average molecular weight is 286 g/mol.